The Morgan fingerprint density at radius 3 is 0.907 bits per heavy atom. The first kappa shape index (κ1) is 77.7. The first-order chi connectivity index (χ1) is 46.1. The molecule has 0 aliphatic carbocycles. The second-order valence-corrected chi connectivity index (χ2v) is 33.1. The van der Waals surface area contributed by atoms with Gasteiger partial charge in [-0.25, -0.2) is 0 Å². The van der Waals surface area contributed by atoms with E-state index in [9.17, 15) is 39.5 Å². The summed E-state index contributed by atoms with van der Waals surface area (Å²) in [6.07, 6.45) is -4.52. The van der Waals surface area contributed by atoms with Crippen molar-refractivity contribution in [3.05, 3.63) is 194 Å². The Bertz CT molecular complexity index is 3670. The zero-order valence-electron chi connectivity index (χ0n) is 53.7. The molecule has 6 aromatic carbocycles. The number of nitrogens with zero attached hydrogens (tertiary/aromatic N) is 6. The predicted octanol–water partition coefficient (Wildman–Crippen LogP) is 19.7. The minimum Gasteiger partial charge on any atom is -0.483 e. The van der Waals surface area contributed by atoms with Crippen LogP contribution in [0.4, 0.5) is 39.5 Å². The summed E-state index contributed by atoms with van der Waals surface area (Å²) in [6, 6.07) is 41.9. The van der Waals surface area contributed by atoms with Crippen LogP contribution in [0, 0.1) is 16.2 Å². The van der Waals surface area contributed by atoms with Crippen molar-refractivity contribution in [2.75, 3.05) is 19.8 Å². The maximum absolute atomic E-state index is 12.5. The zero-order valence-corrected chi connectivity index (χ0v) is 57.9. The lowest BCUT2D eigenvalue weighted by Crippen LogP contribution is -2.17. The molecule has 0 amide bonds. The van der Waals surface area contributed by atoms with Gasteiger partial charge in [-0.2, -0.15) is 11.1 Å². The Morgan fingerprint density at radius 1 is 0.412 bits per heavy atom. The van der Waals surface area contributed by atoms with E-state index in [4.69, 9.17) is 41.5 Å². The van der Waals surface area contributed by atoms with Crippen molar-refractivity contribution in [1.82, 2.24) is 30.6 Å². The summed E-state index contributed by atoms with van der Waals surface area (Å²) in [5, 5.41) is 50.2. The molecule has 3 atom stereocenters. The van der Waals surface area contributed by atoms with Crippen molar-refractivity contribution in [3.63, 3.8) is 0 Å². The van der Waals surface area contributed by atoms with Crippen LogP contribution in [0.1, 0.15) is 99.8 Å². The van der Waals surface area contributed by atoms with Crippen LogP contribution in [0.5, 0.6) is 17.2 Å². The Kier molecular flexibility index (Phi) is 30.4. The predicted molar refractivity (Wildman–Crippen MR) is 366 cm³/mol. The second-order valence-electron chi connectivity index (χ2n) is 22.5. The topological polar surface area (TPSA) is 204 Å². The molecule has 29 heteroatoms. The van der Waals surface area contributed by atoms with E-state index in [0.717, 1.165) is 68.0 Å². The molecule has 97 heavy (non-hydrogen) atoms. The number of ether oxygens (including phenoxy) is 6. The summed E-state index contributed by atoms with van der Waals surface area (Å²) in [7, 11) is -1.14. The summed E-state index contributed by atoms with van der Waals surface area (Å²) in [4.78, 5) is 0. The van der Waals surface area contributed by atoms with Gasteiger partial charge in [0, 0.05) is 16.7 Å². The van der Waals surface area contributed by atoms with Crippen LogP contribution in [0.2, 0.25) is 19.6 Å². The SMILES string of the molecule is CCCc1ccc(C[C@H](COC=N)c2nnc(-c3cccc(OC(F)(F)F)c3)s2)cc1.CCCc1ccc(C[C@H](COC=N)c2nnc(-c3cccc(OC(F)(F)F)c3)s2)cc1.CCc1ccc(C[C@H](COC=N)c2nnc(-c3cccc(OC(F)(F)F)c3)s2)cc1.C[Si](C)(C)Cl. The van der Waals surface area contributed by atoms with Gasteiger partial charge in [-0.1, -0.05) is 196 Å². The molecule has 0 aliphatic heterocycles. The molecular formula is C68H73ClF9N9O6S3Si. The first-order valence-corrected chi connectivity index (χ1v) is 37.4. The molecule has 3 heterocycles. The molecule has 0 bridgehead atoms. The quantitative estimate of drug-likeness (QED) is 0.0132. The van der Waals surface area contributed by atoms with Gasteiger partial charge in [-0.15, -0.1) is 70.1 Å². The lowest BCUT2D eigenvalue weighted by Gasteiger charge is -2.13. The summed E-state index contributed by atoms with van der Waals surface area (Å²) < 4.78 is 140. The molecule has 0 unspecified atom stereocenters. The average Bonchev–Trinajstić information content (AvgIpc) is 1.73. The normalized spacial score (nSPS) is 12.4. The van der Waals surface area contributed by atoms with Crippen LogP contribution in [0.3, 0.4) is 0 Å². The molecule has 3 N–H and O–H groups in total. The highest BCUT2D eigenvalue weighted by molar-refractivity contribution is 7.18. The van der Waals surface area contributed by atoms with E-state index in [1.54, 1.807) is 18.2 Å². The number of benzene rings is 6. The van der Waals surface area contributed by atoms with Crippen molar-refractivity contribution < 1.29 is 67.9 Å². The number of alkyl halides is 9. The molecule has 9 rings (SSSR count). The summed E-state index contributed by atoms with van der Waals surface area (Å²) in [5.41, 5.74) is 8.57. The first-order valence-electron chi connectivity index (χ1n) is 30.5. The molecule has 15 nitrogen and oxygen atoms in total. The lowest BCUT2D eigenvalue weighted by molar-refractivity contribution is -0.275. The van der Waals surface area contributed by atoms with Gasteiger partial charge in [-0.05, 0) is 108 Å². The second kappa shape index (κ2) is 38.0. The summed E-state index contributed by atoms with van der Waals surface area (Å²) in [6.45, 7) is 13.4. The van der Waals surface area contributed by atoms with E-state index in [2.05, 4.69) is 158 Å². The van der Waals surface area contributed by atoms with Crippen LogP contribution in [-0.2, 0) is 52.7 Å². The molecule has 3 aromatic heterocycles. The van der Waals surface area contributed by atoms with Crippen LogP contribution >= 0.6 is 45.1 Å². The van der Waals surface area contributed by atoms with Crippen LogP contribution < -0.4 is 14.2 Å². The Balaban J connectivity index is 0.000000222. The highest BCUT2D eigenvalue weighted by atomic mass is 35.6. The van der Waals surface area contributed by atoms with Crippen molar-refractivity contribution in [3.8, 4) is 49.0 Å². The van der Waals surface area contributed by atoms with Crippen LogP contribution in [0.15, 0.2) is 146 Å². The van der Waals surface area contributed by atoms with E-state index in [1.165, 1.54) is 105 Å². The Morgan fingerprint density at radius 2 is 0.670 bits per heavy atom. The Labute approximate surface area is 574 Å². The summed E-state index contributed by atoms with van der Waals surface area (Å²) >= 11 is 9.53. The van der Waals surface area contributed by atoms with Gasteiger partial charge in [0.25, 0.3) is 0 Å². The van der Waals surface area contributed by atoms with E-state index < -0.39 is 26.5 Å². The monoisotopic (exact) mass is 1440 g/mol. The lowest BCUT2D eigenvalue weighted by atomic mass is 9.99. The molecule has 0 saturated carbocycles. The Hall–Kier alpha value is -8.31. The van der Waals surface area contributed by atoms with Gasteiger partial charge in [0.05, 0.1) is 37.6 Å². The number of hydrogen-bond acceptors (Lipinski definition) is 18. The van der Waals surface area contributed by atoms with E-state index in [-0.39, 0.29) is 54.8 Å². The number of aryl methyl sites for hydroxylation is 3. The zero-order chi connectivity index (χ0) is 70.6. The fraction of sp³-hybridized carbons (Fsp3) is 0.338. The minimum atomic E-state index is -4.76. The number of aromatic nitrogens is 6. The molecule has 0 radical (unpaired) electrons. The molecule has 0 spiro atoms. The molecule has 0 saturated heterocycles. The van der Waals surface area contributed by atoms with E-state index in [1.807, 2.05) is 0 Å². The average molecular weight is 1440 g/mol. The number of hydrogen-bond donors (Lipinski definition) is 3. The van der Waals surface area contributed by atoms with Gasteiger partial charge in [-0.3, -0.25) is 16.2 Å². The molecule has 9 aromatic rings. The van der Waals surface area contributed by atoms with Gasteiger partial charge in [0.1, 0.15) is 54.7 Å². The van der Waals surface area contributed by atoms with Crippen molar-refractivity contribution >= 4 is 71.7 Å². The smallest absolute Gasteiger partial charge is 0.483 e. The third kappa shape index (κ3) is 28.7. The molecule has 518 valence electrons. The minimum absolute atomic E-state index is 0.139. The number of halogens is 10. The van der Waals surface area contributed by atoms with Gasteiger partial charge in [0.2, 0.25) is 0 Å². The largest absolute Gasteiger partial charge is 0.573 e. The van der Waals surface area contributed by atoms with Crippen molar-refractivity contribution in [2.24, 2.45) is 0 Å². The fourth-order valence-corrected chi connectivity index (χ4v) is 12.0. The van der Waals surface area contributed by atoms with Gasteiger partial charge < -0.3 is 28.4 Å². The van der Waals surface area contributed by atoms with E-state index >= 15 is 0 Å². The van der Waals surface area contributed by atoms with Crippen LogP contribution in [0.25, 0.3) is 31.7 Å². The highest BCUT2D eigenvalue weighted by Crippen LogP contribution is 2.37. The molecule has 0 fully saturated rings. The number of rotatable bonds is 29. The van der Waals surface area contributed by atoms with Crippen molar-refractivity contribution in [2.45, 2.75) is 129 Å². The standard InChI is InChI=1S/2C22H22F3N3O2S.C21H20F3N3O2S.C3H9ClSi/c2*1-2-4-15-7-9-16(10-8-15)11-18(13-29-14-26)21-28-27-20(31-21)17-5-3-6-19(12-17)30-22(23,24)25;1-2-14-6-8-15(9-7-14)10-17(12-28-13-25)20-27-26-19(30-20)16-4-3-5-18(11-16)29-21(22,23)24;1-5(2,3)4/h2*3,5-10,12,14,18,26H,2,4,11,13H2,1H3;3-9,11,13,17,25H,2,10,12H2,1H3;1-3H3/t2*18-;17-;/m111./s1. The van der Waals surface area contributed by atoms with Crippen LogP contribution in [-0.4, -0.2) is 96.1 Å². The maximum atomic E-state index is 12.5. The maximum Gasteiger partial charge on any atom is 0.573 e. The molecular weight excluding hydrogens is 1370 g/mol. The third-order valence-electron chi connectivity index (χ3n) is 13.5. The van der Waals surface area contributed by atoms with Crippen molar-refractivity contribution in [1.29, 1.82) is 16.2 Å². The third-order valence-corrected chi connectivity index (χ3v) is 16.9. The fourth-order valence-electron chi connectivity index (χ4n) is 9.20. The molecule has 0 aliphatic rings. The highest BCUT2D eigenvalue weighted by Gasteiger charge is 2.33. The van der Waals surface area contributed by atoms with E-state index in [0.29, 0.717) is 66.0 Å². The van der Waals surface area contributed by atoms with Gasteiger partial charge in [0.15, 0.2) is 19.2 Å². The van der Waals surface area contributed by atoms with Gasteiger partial charge >= 0.3 is 19.1 Å². The number of nitrogens with one attached hydrogen (secondary N) is 3. The summed E-state index contributed by atoms with van der Waals surface area (Å²) in [5.74, 6) is -1.34.